The largest absolute Gasteiger partial charge is 0.465 e. The normalized spacial score (nSPS) is 11.9. The van der Waals surface area contributed by atoms with Gasteiger partial charge >= 0.3 is 5.97 Å². The van der Waals surface area contributed by atoms with Gasteiger partial charge in [0.1, 0.15) is 5.78 Å². The summed E-state index contributed by atoms with van der Waals surface area (Å²) < 4.78 is 4.59. The van der Waals surface area contributed by atoms with E-state index in [-0.39, 0.29) is 16.6 Å². The van der Waals surface area contributed by atoms with E-state index in [0.717, 1.165) is 5.56 Å². The van der Waals surface area contributed by atoms with E-state index in [1.165, 1.54) is 7.11 Å². The van der Waals surface area contributed by atoms with Gasteiger partial charge in [-0.2, -0.15) is 0 Å². The van der Waals surface area contributed by atoms with E-state index < -0.39 is 0 Å². The molecule has 16 heavy (non-hydrogen) atoms. The molecule has 0 saturated carbocycles. The highest BCUT2D eigenvalue weighted by molar-refractivity contribution is 9.10. The number of ketones is 1. The first kappa shape index (κ1) is 12.9. The minimum absolute atomic E-state index is 0.0945. The van der Waals surface area contributed by atoms with Crippen LogP contribution in [-0.4, -0.2) is 23.7 Å². The molecule has 1 unspecified atom stereocenters. The van der Waals surface area contributed by atoms with Gasteiger partial charge in [0.05, 0.1) is 17.5 Å². The summed E-state index contributed by atoms with van der Waals surface area (Å²) in [5, 5.41) is 0. The van der Waals surface area contributed by atoms with Crippen molar-refractivity contribution in [1.82, 2.24) is 0 Å². The lowest BCUT2D eigenvalue weighted by atomic mass is 10.1. The van der Waals surface area contributed by atoms with Crippen molar-refractivity contribution < 1.29 is 14.3 Å². The van der Waals surface area contributed by atoms with Crippen LogP contribution in [0.2, 0.25) is 0 Å². The van der Waals surface area contributed by atoms with Gasteiger partial charge in [-0.05, 0) is 31.0 Å². The molecule has 0 bridgehead atoms. The third kappa shape index (κ3) is 3.45. The average Bonchev–Trinajstić information content (AvgIpc) is 2.28. The predicted molar refractivity (Wildman–Crippen MR) is 64.9 cm³/mol. The summed E-state index contributed by atoms with van der Waals surface area (Å²) in [6.07, 6.45) is 0.622. The van der Waals surface area contributed by atoms with Crippen LogP contribution < -0.4 is 0 Å². The third-order valence-corrected chi connectivity index (χ3v) is 3.20. The lowest BCUT2D eigenvalue weighted by Gasteiger charge is -2.06. The standard InChI is InChI=1S/C12H13BrO3/c1-8(14)11(13)7-9-3-5-10(6-4-9)12(15)16-2/h3-6,11H,7H2,1-2H3. The minimum atomic E-state index is -0.353. The molecule has 0 aliphatic carbocycles. The van der Waals surface area contributed by atoms with E-state index in [9.17, 15) is 9.59 Å². The molecule has 1 rings (SSSR count). The Labute approximate surface area is 103 Å². The zero-order valence-electron chi connectivity index (χ0n) is 9.20. The fourth-order valence-corrected chi connectivity index (χ4v) is 1.62. The summed E-state index contributed by atoms with van der Waals surface area (Å²) in [6.45, 7) is 1.54. The van der Waals surface area contributed by atoms with Crippen LogP contribution >= 0.6 is 15.9 Å². The van der Waals surface area contributed by atoms with E-state index in [2.05, 4.69) is 20.7 Å². The molecule has 0 fully saturated rings. The zero-order valence-corrected chi connectivity index (χ0v) is 10.8. The molecule has 0 amide bonds. The molecular formula is C12H13BrO3. The SMILES string of the molecule is COC(=O)c1ccc(CC(Br)C(C)=O)cc1. The molecule has 0 aliphatic heterocycles. The Morgan fingerprint density at radius 3 is 2.31 bits per heavy atom. The quantitative estimate of drug-likeness (QED) is 0.630. The number of benzene rings is 1. The Morgan fingerprint density at radius 1 is 1.31 bits per heavy atom. The second-order valence-electron chi connectivity index (χ2n) is 3.47. The number of methoxy groups -OCH3 is 1. The van der Waals surface area contributed by atoms with Crippen molar-refractivity contribution >= 4 is 27.7 Å². The highest BCUT2D eigenvalue weighted by Crippen LogP contribution is 2.12. The molecule has 1 atom stereocenters. The fraction of sp³-hybridized carbons (Fsp3) is 0.333. The lowest BCUT2D eigenvalue weighted by Crippen LogP contribution is -2.12. The van der Waals surface area contributed by atoms with Crippen LogP contribution in [0.4, 0.5) is 0 Å². The molecule has 0 saturated heterocycles. The molecule has 1 aromatic carbocycles. The van der Waals surface area contributed by atoms with E-state index >= 15 is 0 Å². The first-order chi connectivity index (χ1) is 7.54. The fourth-order valence-electron chi connectivity index (χ4n) is 1.25. The van der Waals surface area contributed by atoms with Gasteiger partial charge in [0, 0.05) is 0 Å². The number of Topliss-reactive ketones (excluding diaryl/α,β-unsaturated/α-hetero) is 1. The van der Waals surface area contributed by atoms with E-state index in [1.807, 2.05) is 12.1 Å². The molecule has 1 aromatic rings. The second kappa shape index (κ2) is 5.80. The molecule has 0 N–H and O–H groups in total. The van der Waals surface area contributed by atoms with E-state index in [1.54, 1.807) is 19.1 Å². The zero-order chi connectivity index (χ0) is 12.1. The Kier molecular flexibility index (Phi) is 4.68. The summed E-state index contributed by atoms with van der Waals surface area (Å²) in [7, 11) is 1.35. The van der Waals surface area contributed by atoms with Gasteiger partial charge in [-0.15, -0.1) is 0 Å². The van der Waals surface area contributed by atoms with E-state index in [4.69, 9.17) is 0 Å². The Balaban J connectivity index is 2.72. The van der Waals surface area contributed by atoms with Crippen LogP contribution in [0.5, 0.6) is 0 Å². The van der Waals surface area contributed by atoms with Crippen LogP contribution in [0.25, 0.3) is 0 Å². The highest BCUT2D eigenvalue weighted by Gasteiger charge is 2.11. The van der Waals surface area contributed by atoms with Crippen LogP contribution in [-0.2, 0) is 16.0 Å². The number of hydrogen-bond donors (Lipinski definition) is 0. The molecule has 0 spiro atoms. The molecular weight excluding hydrogens is 272 g/mol. The topological polar surface area (TPSA) is 43.4 Å². The third-order valence-electron chi connectivity index (χ3n) is 2.23. The number of hydrogen-bond acceptors (Lipinski definition) is 3. The number of esters is 1. The Bertz CT molecular complexity index is 384. The van der Waals surface area contributed by atoms with Gasteiger partial charge in [-0.25, -0.2) is 4.79 Å². The predicted octanol–water partition coefficient (Wildman–Crippen LogP) is 2.37. The molecule has 4 heteroatoms. The Morgan fingerprint density at radius 2 is 1.88 bits per heavy atom. The maximum atomic E-state index is 11.2. The van der Waals surface area contributed by atoms with Crippen molar-refractivity contribution in [3.63, 3.8) is 0 Å². The number of carbonyl (C=O) groups is 2. The van der Waals surface area contributed by atoms with Gasteiger partial charge in [-0.3, -0.25) is 4.79 Å². The highest BCUT2D eigenvalue weighted by atomic mass is 79.9. The van der Waals surface area contributed by atoms with Crippen molar-refractivity contribution in [2.24, 2.45) is 0 Å². The monoisotopic (exact) mass is 284 g/mol. The van der Waals surface area contributed by atoms with Gasteiger partial charge in [0.15, 0.2) is 0 Å². The van der Waals surface area contributed by atoms with Crippen molar-refractivity contribution in [2.75, 3.05) is 7.11 Å². The van der Waals surface area contributed by atoms with Crippen molar-refractivity contribution in [3.8, 4) is 0 Å². The first-order valence-corrected chi connectivity index (χ1v) is 5.78. The molecule has 0 heterocycles. The molecule has 0 aliphatic rings. The number of alkyl halides is 1. The molecule has 86 valence electrons. The van der Waals surface area contributed by atoms with Crippen LogP contribution in [0.15, 0.2) is 24.3 Å². The number of carbonyl (C=O) groups excluding carboxylic acids is 2. The van der Waals surface area contributed by atoms with Crippen molar-refractivity contribution in [2.45, 2.75) is 18.2 Å². The molecule has 0 radical (unpaired) electrons. The number of ether oxygens (including phenoxy) is 1. The first-order valence-electron chi connectivity index (χ1n) is 4.86. The van der Waals surface area contributed by atoms with Crippen molar-refractivity contribution in [1.29, 1.82) is 0 Å². The smallest absolute Gasteiger partial charge is 0.337 e. The Hall–Kier alpha value is -1.16. The van der Waals surface area contributed by atoms with Crippen LogP contribution in [0.3, 0.4) is 0 Å². The summed E-state index contributed by atoms with van der Waals surface area (Å²) in [5.74, 6) is -0.259. The van der Waals surface area contributed by atoms with Gasteiger partial charge < -0.3 is 4.74 Å². The molecule has 3 nitrogen and oxygen atoms in total. The van der Waals surface area contributed by atoms with Crippen LogP contribution in [0.1, 0.15) is 22.8 Å². The van der Waals surface area contributed by atoms with Gasteiger partial charge in [-0.1, -0.05) is 28.1 Å². The number of halogens is 1. The minimum Gasteiger partial charge on any atom is -0.465 e. The summed E-state index contributed by atoms with van der Waals surface area (Å²) in [4.78, 5) is 22.0. The van der Waals surface area contributed by atoms with E-state index in [0.29, 0.717) is 12.0 Å². The lowest BCUT2D eigenvalue weighted by molar-refractivity contribution is -0.116. The number of rotatable bonds is 4. The summed E-state index contributed by atoms with van der Waals surface area (Å²) >= 11 is 3.30. The van der Waals surface area contributed by atoms with Crippen molar-refractivity contribution in [3.05, 3.63) is 35.4 Å². The summed E-state index contributed by atoms with van der Waals surface area (Å²) in [5.41, 5.74) is 1.52. The molecule has 0 aromatic heterocycles. The maximum absolute atomic E-state index is 11.2. The average molecular weight is 285 g/mol. The van der Waals surface area contributed by atoms with Gasteiger partial charge in [0.25, 0.3) is 0 Å². The second-order valence-corrected chi connectivity index (χ2v) is 4.58. The van der Waals surface area contributed by atoms with Gasteiger partial charge in [0.2, 0.25) is 0 Å². The maximum Gasteiger partial charge on any atom is 0.337 e. The summed E-state index contributed by atoms with van der Waals surface area (Å²) in [6, 6.07) is 7.04. The van der Waals surface area contributed by atoms with Crippen LogP contribution in [0, 0.1) is 0 Å².